The van der Waals surface area contributed by atoms with Gasteiger partial charge in [-0.3, -0.25) is 0 Å². The number of nitrogens with zero attached hydrogens (tertiary/aromatic N) is 1. The Morgan fingerprint density at radius 2 is 2.12 bits per heavy atom. The van der Waals surface area contributed by atoms with Crippen LogP contribution in [0.3, 0.4) is 0 Å². The molecule has 1 aliphatic rings. The zero-order chi connectivity index (χ0) is 17.7. The largest absolute Gasteiger partial charge is 0.491 e. The van der Waals surface area contributed by atoms with Crippen molar-refractivity contribution in [2.75, 3.05) is 26.2 Å². The van der Waals surface area contributed by atoms with Gasteiger partial charge in [0.15, 0.2) is 0 Å². The van der Waals surface area contributed by atoms with Gasteiger partial charge in [0.05, 0.1) is 12.6 Å². The summed E-state index contributed by atoms with van der Waals surface area (Å²) in [6.07, 6.45) is 0.501. The average Bonchev–Trinajstić information content (AvgIpc) is 3.01. The molecular weight excluding hydrogens is 304 g/mol. The van der Waals surface area contributed by atoms with Crippen LogP contribution in [0.2, 0.25) is 0 Å². The minimum absolute atomic E-state index is 0.0192. The van der Waals surface area contributed by atoms with E-state index < -0.39 is 0 Å². The number of amides is 2. The number of aliphatic hydroxyl groups is 1. The first kappa shape index (κ1) is 18.6. The summed E-state index contributed by atoms with van der Waals surface area (Å²) in [6, 6.07) is 7.95. The zero-order valence-corrected chi connectivity index (χ0v) is 15.2. The third-order valence-corrected chi connectivity index (χ3v) is 4.53. The molecule has 1 fully saturated rings. The van der Waals surface area contributed by atoms with Gasteiger partial charge in [0.1, 0.15) is 12.4 Å². The molecule has 5 nitrogen and oxygen atoms in total. The van der Waals surface area contributed by atoms with Gasteiger partial charge in [-0.05, 0) is 30.4 Å². The fourth-order valence-electron chi connectivity index (χ4n) is 3.01. The highest BCUT2D eigenvalue weighted by Crippen LogP contribution is 2.30. The van der Waals surface area contributed by atoms with Crippen LogP contribution < -0.4 is 10.1 Å². The van der Waals surface area contributed by atoms with E-state index in [0.717, 1.165) is 17.7 Å². The van der Waals surface area contributed by atoms with E-state index in [0.29, 0.717) is 26.2 Å². The lowest BCUT2D eigenvalue weighted by Crippen LogP contribution is -2.40. The van der Waals surface area contributed by atoms with Crippen molar-refractivity contribution in [3.05, 3.63) is 29.8 Å². The summed E-state index contributed by atoms with van der Waals surface area (Å²) in [6.45, 7) is 10.5. The fraction of sp³-hybridized carbons (Fsp3) is 0.632. The molecule has 2 amide bonds. The molecule has 24 heavy (non-hydrogen) atoms. The smallest absolute Gasteiger partial charge is 0.317 e. The second-order valence-electron chi connectivity index (χ2n) is 7.56. The SMILES string of the molecule is CC(O)C1CCN(C(=O)NCCOc2ccccc2C(C)(C)C)C1. The predicted octanol–water partition coefficient (Wildman–Crippen LogP) is 2.78. The topological polar surface area (TPSA) is 61.8 Å². The Labute approximate surface area is 145 Å². The van der Waals surface area contributed by atoms with Crippen LogP contribution in [-0.2, 0) is 5.41 Å². The van der Waals surface area contributed by atoms with E-state index in [2.05, 4.69) is 32.2 Å². The molecule has 0 bridgehead atoms. The Balaban J connectivity index is 1.77. The summed E-state index contributed by atoms with van der Waals surface area (Å²) < 4.78 is 5.86. The van der Waals surface area contributed by atoms with Crippen LogP contribution in [-0.4, -0.2) is 48.4 Å². The van der Waals surface area contributed by atoms with Crippen LogP contribution in [0.25, 0.3) is 0 Å². The third-order valence-electron chi connectivity index (χ3n) is 4.53. The molecule has 2 unspecified atom stereocenters. The van der Waals surface area contributed by atoms with Gasteiger partial charge in [-0.1, -0.05) is 39.0 Å². The summed E-state index contributed by atoms with van der Waals surface area (Å²) >= 11 is 0. The second-order valence-corrected chi connectivity index (χ2v) is 7.56. The van der Waals surface area contributed by atoms with Gasteiger partial charge in [-0.15, -0.1) is 0 Å². The number of likely N-dealkylation sites (tertiary alicyclic amines) is 1. The maximum Gasteiger partial charge on any atom is 0.317 e. The van der Waals surface area contributed by atoms with Crippen LogP contribution in [0.5, 0.6) is 5.75 Å². The number of ether oxygens (including phenoxy) is 1. The highest BCUT2D eigenvalue weighted by molar-refractivity contribution is 5.74. The van der Waals surface area contributed by atoms with E-state index in [9.17, 15) is 9.90 Å². The van der Waals surface area contributed by atoms with Gasteiger partial charge in [-0.25, -0.2) is 4.79 Å². The minimum atomic E-state index is -0.361. The van der Waals surface area contributed by atoms with Crippen molar-refractivity contribution in [1.29, 1.82) is 0 Å². The van der Waals surface area contributed by atoms with E-state index in [1.807, 2.05) is 18.2 Å². The molecule has 2 N–H and O–H groups in total. The van der Waals surface area contributed by atoms with Crippen molar-refractivity contribution >= 4 is 6.03 Å². The number of nitrogens with one attached hydrogen (secondary N) is 1. The Morgan fingerprint density at radius 1 is 1.42 bits per heavy atom. The van der Waals surface area contributed by atoms with Crippen molar-refractivity contribution in [3.63, 3.8) is 0 Å². The maximum absolute atomic E-state index is 12.1. The summed E-state index contributed by atoms with van der Waals surface area (Å²) in [5.74, 6) is 1.06. The van der Waals surface area contributed by atoms with E-state index >= 15 is 0 Å². The number of hydrogen-bond acceptors (Lipinski definition) is 3. The summed E-state index contributed by atoms with van der Waals surface area (Å²) in [4.78, 5) is 13.9. The van der Waals surface area contributed by atoms with Crippen molar-refractivity contribution in [2.45, 2.75) is 45.6 Å². The lowest BCUT2D eigenvalue weighted by Gasteiger charge is -2.23. The van der Waals surface area contributed by atoms with Crippen molar-refractivity contribution in [3.8, 4) is 5.75 Å². The number of carbonyl (C=O) groups excluding carboxylic acids is 1. The monoisotopic (exact) mass is 334 g/mol. The van der Waals surface area contributed by atoms with E-state index in [1.54, 1.807) is 11.8 Å². The number of carbonyl (C=O) groups is 1. The highest BCUT2D eigenvalue weighted by atomic mass is 16.5. The summed E-state index contributed by atoms with van der Waals surface area (Å²) in [5, 5.41) is 12.5. The van der Waals surface area contributed by atoms with E-state index in [4.69, 9.17) is 4.74 Å². The van der Waals surface area contributed by atoms with Crippen LogP contribution >= 0.6 is 0 Å². The standard InChI is InChI=1S/C19H30N2O3/c1-14(22)15-9-11-21(13-15)18(23)20-10-12-24-17-8-6-5-7-16(17)19(2,3)4/h5-8,14-15,22H,9-13H2,1-4H3,(H,20,23). The van der Waals surface area contributed by atoms with E-state index in [-0.39, 0.29) is 23.5 Å². The molecule has 1 aromatic rings. The Morgan fingerprint density at radius 3 is 2.75 bits per heavy atom. The first-order valence-electron chi connectivity index (χ1n) is 8.72. The Kier molecular flexibility index (Phi) is 6.10. The second kappa shape index (κ2) is 7.88. The van der Waals surface area contributed by atoms with Crippen molar-refractivity contribution < 1.29 is 14.6 Å². The van der Waals surface area contributed by atoms with Crippen LogP contribution in [0, 0.1) is 5.92 Å². The first-order valence-corrected chi connectivity index (χ1v) is 8.72. The Bertz CT molecular complexity index is 552. The molecule has 1 saturated heterocycles. The van der Waals surface area contributed by atoms with Gasteiger partial charge in [0, 0.05) is 19.0 Å². The van der Waals surface area contributed by atoms with Gasteiger partial charge in [-0.2, -0.15) is 0 Å². The molecule has 5 heteroatoms. The normalized spacial score (nSPS) is 19.2. The lowest BCUT2D eigenvalue weighted by atomic mass is 9.86. The van der Waals surface area contributed by atoms with Crippen LogP contribution in [0.4, 0.5) is 4.79 Å². The fourth-order valence-corrected chi connectivity index (χ4v) is 3.01. The van der Waals surface area contributed by atoms with Gasteiger partial charge in [0.25, 0.3) is 0 Å². The van der Waals surface area contributed by atoms with Crippen molar-refractivity contribution in [2.24, 2.45) is 5.92 Å². The molecule has 0 spiro atoms. The molecule has 0 aromatic heterocycles. The molecule has 1 heterocycles. The molecule has 0 aliphatic carbocycles. The number of rotatable bonds is 5. The van der Waals surface area contributed by atoms with Crippen LogP contribution in [0.1, 0.15) is 39.7 Å². The Hall–Kier alpha value is -1.75. The molecule has 0 radical (unpaired) electrons. The highest BCUT2D eigenvalue weighted by Gasteiger charge is 2.28. The predicted molar refractivity (Wildman–Crippen MR) is 95.4 cm³/mol. The molecular formula is C19H30N2O3. The van der Waals surface area contributed by atoms with Gasteiger partial charge < -0.3 is 20.1 Å². The lowest BCUT2D eigenvalue weighted by molar-refractivity contribution is 0.129. The molecule has 0 saturated carbocycles. The number of aliphatic hydroxyl groups excluding tert-OH is 1. The van der Waals surface area contributed by atoms with E-state index in [1.165, 1.54) is 0 Å². The number of para-hydroxylation sites is 1. The number of hydrogen-bond donors (Lipinski definition) is 2. The number of benzene rings is 1. The molecule has 1 aromatic carbocycles. The van der Waals surface area contributed by atoms with Gasteiger partial charge >= 0.3 is 6.03 Å². The zero-order valence-electron chi connectivity index (χ0n) is 15.2. The van der Waals surface area contributed by atoms with Crippen LogP contribution in [0.15, 0.2) is 24.3 Å². The molecule has 1 aliphatic heterocycles. The van der Waals surface area contributed by atoms with Gasteiger partial charge in [0.2, 0.25) is 0 Å². The quantitative estimate of drug-likeness (QED) is 0.814. The minimum Gasteiger partial charge on any atom is -0.491 e. The third kappa shape index (κ3) is 4.87. The molecule has 2 rings (SSSR count). The molecule has 2 atom stereocenters. The summed E-state index contributed by atoms with van der Waals surface area (Å²) in [5.41, 5.74) is 1.18. The maximum atomic E-state index is 12.1. The van der Waals surface area contributed by atoms with Crippen molar-refractivity contribution in [1.82, 2.24) is 10.2 Å². The average molecular weight is 334 g/mol. The number of urea groups is 1. The molecule has 134 valence electrons. The summed E-state index contributed by atoms with van der Waals surface area (Å²) in [7, 11) is 0. The first-order chi connectivity index (χ1) is 11.3.